The lowest BCUT2D eigenvalue weighted by Crippen LogP contribution is -2.61. The van der Waals surface area contributed by atoms with Gasteiger partial charge in [-0.2, -0.15) is 0 Å². The van der Waals surface area contributed by atoms with Crippen LogP contribution in [-0.2, 0) is 23.7 Å². The fourth-order valence-corrected chi connectivity index (χ4v) is 3.23. The minimum Gasteiger partial charge on any atom is -0.394 e. The van der Waals surface area contributed by atoms with Crippen LogP contribution in [0.1, 0.15) is 40.0 Å². The number of ketones is 1. The molecule has 0 radical (unpaired) electrons. The van der Waals surface area contributed by atoms with Gasteiger partial charge in [0.1, 0.15) is 36.3 Å². The normalized spacial score (nSPS) is 42.9. The Labute approximate surface area is 164 Å². The Balaban J connectivity index is 2.05. The number of ether oxygens (including phenoxy) is 4. The Morgan fingerprint density at radius 2 is 1.79 bits per heavy atom. The van der Waals surface area contributed by atoms with Gasteiger partial charge in [0.25, 0.3) is 0 Å². The van der Waals surface area contributed by atoms with Crippen LogP contribution in [0.15, 0.2) is 0 Å². The van der Waals surface area contributed by atoms with Crippen molar-refractivity contribution in [3.05, 3.63) is 0 Å². The number of hydrogen-bond donors (Lipinski definition) is 5. The van der Waals surface area contributed by atoms with Gasteiger partial charge < -0.3 is 49.3 Å². The van der Waals surface area contributed by atoms with Crippen molar-refractivity contribution >= 4 is 5.78 Å². The topological polar surface area (TPSA) is 155 Å². The summed E-state index contributed by atoms with van der Waals surface area (Å²) in [6.07, 6.45) is -9.55. The maximum atomic E-state index is 11.2. The van der Waals surface area contributed by atoms with Gasteiger partial charge >= 0.3 is 0 Å². The van der Waals surface area contributed by atoms with Gasteiger partial charge in [-0.3, -0.25) is 0 Å². The maximum Gasteiger partial charge on any atom is 0.187 e. The Bertz CT molecular complexity index is 501. The zero-order valence-electron chi connectivity index (χ0n) is 16.4. The molecule has 0 spiro atoms. The molecule has 10 heteroatoms. The van der Waals surface area contributed by atoms with E-state index < -0.39 is 61.9 Å². The fraction of sp³-hybridized carbons (Fsp3) is 0.944. The molecule has 2 aliphatic heterocycles. The Kier molecular flexibility index (Phi) is 8.74. The highest BCUT2D eigenvalue weighted by Gasteiger charge is 2.47. The van der Waals surface area contributed by atoms with Crippen LogP contribution in [0.2, 0.25) is 0 Å². The van der Waals surface area contributed by atoms with Gasteiger partial charge in [0.05, 0.1) is 24.9 Å². The molecule has 0 bridgehead atoms. The molecule has 0 unspecified atom stereocenters. The summed E-state index contributed by atoms with van der Waals surface area (Å²) >= 11 is 0. The number of carbonyl (C=O) groups is 1. The predicted molar refractivity (Wildman–Crippen MR) is 94.1 cm³/mol. The van der Waals surface area contributed by atoms with Gasteiger partial charge in [-0.25, -0.2) is 0 Å². The third kappa shape index (κ3) is 5.91. The second-order valence-corrected chi connectivity index (χ2v) is 7.57. The lowest BCUT2D eigenvalue weighted by Gasteiger charge is -2.44. The number of aliphatic hydroxyl groups excluding tert-OH is 5. The zero-order chi connectivity index (χ0) is 21.0. The van der Waals surface area contributed by atoms with Crippen LogP contribution in [0.25, 0.3) is 0 Å². The van der Waals surface area contributed by atoms with Crippen LogP contribution in [0, 0.1) is 0 Å². The van der Waals surface area contributed by atoms with Gasteiger partial charge in [-0.15, -0.1) is 0 Å². The van der Waals surface area contributed by atoms with Crippen molar-refractivity contribution in [2.45, 2.75) is 101 Å². The Morgan fingerprint density at radius 1 is 1.11 bits per heavy atom. The summed E-state index contributed by atoms with van der Waals surface area (Å²) < 4.78 is 22.6. The number of hydrogen-bond acceptors (Lipinski definition) is 10. The largest absolute Gasteiger partial charge is 0.394 e. The minimum absolute atomic E-state index is 0.0397. The van der Waals surface area contributed by atoms with E-state index in [2.05, 4.69) is 0 Å². The molecule has 0 aromatic heterocycles. The molecule has 5 N–H and O–H groups in total. The summed E-state index contributed by atoms with van der Waals surface area (Å²) in [4.78, 5) is 11.2. The average molecular weight is 408 g/mol. The van der Waals surface area contributed by atoms with E-state index in [9.17, 15) is 30.3 Å². The van der Waals surface area contributed by atoms with Crippen LogP contribution in [0.4, 0.5) is 0 Å². The second-order valence-electron chi connectivity index (χ2n) is 7.57. The third-order valence-electron chi connectivity index (χ3n) is 5.09. The van der Waals surface area contributed by atoms with E-state index in [4.69, 9.17) is 18.9 Å². The maximum absolute atomic E-state index is 11.2. The molecule has 0 aliphatic carbocycles. The standard InChI is InChI=1S/C18H32O10/c1-8(20)4-5-9(2)25-17-12(6-11(21)10(3)26-17)27-18-16(24)15(23)14(22)13(7-19)28-18/h9-19,21-24H,4-7H2,1-3H3/t9-,10+,11-,12-,13-,14-,15+,16-,17-,18-/m1/s1. The summed E-state index contributed by atoms with van der Waals surface area (Å²) in [5, 5.41) is 49.4. The highest BCUT2D eigenvalue weighted by molar-refractivity contribution is 5.75. The molecule has 10 atom stereocenters. The van der Waals surface area contributed by atoms with E-state index in [1.54, 1.807) is 13.8 Å². The Morgan fingerprint density at radius 3 is 2.39 bits per heavy atom. The molecule has 0 aromatic rings. The molecule has 10 nitrogen and oxygen atoms in total. The molecule has 28 heavy (non-hydrogen) atoms. The summed E-state index contributed by atoms with van der Waals surface area (Å²) in [7, 11) is 0. The molecular formula is C18H32O10. The smallest absolute Gasteiger partial charge is 0.187 e. The van der Waals surface area contributed by atoms with Crippen LogP contribution in [-0.4, -0.2) is 99.3 Å². The monoisotopic (exact) mass is 408 g/mol. The van der Waals surface area contributed by atoms with Gasteiger partial charge in [-0.05, 0) is 27.2 Å². The van der Waals surface area contributed by atoms with Crippen molar-refractivity contribution in [2.24, 2.45) is 0 Å². The number of Topliss-reactive ketones (excluding diaryl/α,β-unsaturated/α-hetero) is 1. The molecule has 2 rings (SSSR count). The summed E-state index contributed by atoms with van der Waals surface area (Å²) in [6.45, 7) is 4.39. The van der Waals surface area contributed by atoms with Crippen LogP contribution < -0.4 is 0 Å². The SMILES string of the molecule is CC(=O)CC[C@@H](C)O[C@@H]1O[C@@H](C)[C@H](O)C[C@H]1O[C@@H]1O[C@H](CO)[C@@H](O)[C@H](O)[C@H]1O. The molecule has 0 aromatic carbocycles. The first-order valence-electron chi connectivity index (χ1n) is 9.58. The lowest BCUT2D eigenvalue weighted by molar-refractivity contribution is -0.352. The highest BCUT2D eigenvalue weighted by atomic mass is 16.7. The van der Waals surface area contributed by atoms with Gasteiger partial charge in [-0.1, -0.05) is 0 Å². The molecule has 2 saturated heterocycles. The van der Waals surface area contributed by atoms with E-state index in [1.807, 2.05) is 0 Å². The van der Waals surface area contributed by atoms with E-state index in [1.165, 1.54) is 6.92 Å². The molecular weight excluding hydrogens is 376 g/mol. The highest BCUT2D eigenvalue weighted by Crippen LogP contribution is 2.30. The van der Waals surface area contributed by atoms with Crippen LogP contribution >= 0.6 is 0 Å². The quantitative estimate of drug-likeness (QED) is 0.318. The number of aliphatic hydroxyl groups is 5. The molecule has 0 saturated carbocycles. The average Bonchev–Trinajstić information content (AvgIpc) is 2.64. The van der Waals surface area contributed by atoms with Crippen molar-refractivity contribution < 1.29 is 49.3 Å². The van der Waals surface area contributed by atoms with E-state index in [-0.39, 0.29) is 18.3 Å². The van der Waals surface area contributed by atoms with Crippen LogP contribution in [0.5, 0.6) is 0 Å². The predicted octanol–water partition coefficient (Wildman–Crippen LogP) is -1.56. The first kappa shape index (κ1) is 23.6. The van der Waals surface area contributed by atoms with E-state index in [0.29, 0.717) is 12.8 Å². The van der Waals surface area contributed by atoms with Crippen LogP contribution in [0.3, 0.4) is 0 Å². The Hall–Kier alpha value is -0.690. The first-order valence-corrected chi connectivity index (χ1v) is 9.58. The van der Waals surface area contributed by atoms with Crippen molar-refractivity contribution in [3.63, 3.8) is 0 Å². The minimum atomic E-state index is -1.57. The molecule has 2 heterocycles. The van der Waals surface area contributed by atoms with Gasteiger partial charge in [0, 0.05) is 12.8 Å². The second kappa shape index (κ2) is 10.4. The molecule has 0 amide bonds. The molecule has 2 fully saturated rings. The zero-order valence-corrected chi connectivity index (χ0v) is 16.4. The van der Waals surface area contributed by atoms with Crippen molar-refractivity contribution in [2.75, 3.05) is 6.61 Å². The fourth-order valence-electron chi connectivity index (χ4n) is 3.23. The van der Waals surface area contributed by atoms with Gasteiger partial charge in [0.2, 0.25) is 0 Å². The summed E-state index contributed by atoms with van der Waals surface area (Å²) in [5.41, 5.74) is 0. The van der Waals surface area contributed by atoms with Crippen molar-refractivity contribution in [1.82, 2.24) is 0 Å². The number of carbonyl (C=O) groups excluding carboxylic acids is 1. The van der Waals surface area contributed by atoms with Gasteiger partial charge in [0.15, 0.2) is 12.6 Å². The third-order valence-corrected chi connectivity index (χ3v) is 5.09. The van der Waals surface area contributed by atoms with Crippen molar-refractivity contribution in [3.8, 4) is 0 Å². The summed E-state index contributed by atoms with van der Waals surface area (Å²) in [5.74, 6) is 0.0397. The number of rotatable bonds is 8. The van der Waals surface area contributed by atoms with E-state index in [0.717, 1.165) is 0 Å². The molecule has 2 aliphatic rings. The van der Waals surface area contributed by atoms with Crippen molar-refractivity contribution in [1.29, 1.82) is 0 Å². The first-order chi connectivity index (χ1) is 13.1. The lowest BCUT2D eigenvalue weighted by atomic mass is 9.98. The molecule has 164 valence electrons. The van der Waals surface area contributed by atoms with E-state index >= 15 is 0 Å². The summed E-state index contributed by atoms with van der Waals surface area (Å²) in [6, 6.07) is 0.